The average Bonchev–Trinajstić information content (AvgIpc) is 3.34. The summed E-state index contributed by atoms with van der Waals surface area (Å²) in [6.45, 7) is 9.04. The summed E-state index contributed by atoms with van der Waals surface area (Å²) in [7, 11) is 0. The Bertz CT molecular complexity index is 1280. The molecule has 5 rings (SSSR count). The predicted octanol–water partition coefficient (Wildman–Crippen LogP) is 5.47. The summed E-state index contributed by atoms with van der Waals surface area (Å²) in [4.78, 5) is 24.0. The van der Waals surface area contributed by atoms with Crippen LogP contribution >= 0.6 is 0 Å². The summed E-state index contributed by atoms with van der Waals surface area (Å²) < 4.78 is 5.67. The largest absolute Gasteiger partial charge is 0.374 e. The van der Waals surface area contributed by atoms with Crippen LogP contribution in [0, 0.1) is 18.3 Å². The molecule has 1 N–H and O–H groups in total. The Morgan fingerprint density at radius 1 is 1.23 bits per heavy atom. The summed E-state index contributed by atoms with van der Waals surface area (Å²) >= 11 is 0. The molecule has 1 amide bonds. The van der Waals surface area contributed by atoms with Crippen molar-refractivity contribution in [2.75, 3.05) is 19.7 Å². The lowest BCUT2D eigenvalue weighted by atomic mass is 9.88. The second kappa shape index (κ2) is 9.67. The number of hydrogen-bond acceptors (Lipinski definition) is 4. The number of hydrogen-bond donors (Lipinski definition) is 1. The Balaban J connectivity index is 1.37. The number of carbonyl (C=O) groups excluding carboxylic acids is 1. The van der Waals surface area contributed by atoms with Crippen molar-refractivity contribution in [3.05, 3.63) is 75.6 Å². The quantitative estimate of drug-likeness (QED) is 0.550. The Hall–Kier alpha value is -3.43. The second-order valence-electron chi connectivity index (χ2n) is 9.84. The third-order valence-corrected chi connectivity index (χ3v) is 7.50. The zero-order valence-corrected chi connectivity index (χ0v) is 20.7. The molecule has 0 radical (unpaired) electrons. The van der Waals surface area contributed by atoms with Crippen molar-refractivity contribution in [2.45, 2.75) is 58.5 Å². The van der Waals surface area contributed by atoms with E-state index in [4.69, 9.17) is 15.0 Å². The van der Waals surface area contributed by atoms with E-state index in [-0.39, 0.29) is 11.8 Å². The van der Waals surface area contributed by atoms with Crippen LogP contribution in [0.2, 0.25) is 0 Å². The molecule has 3 aromatic rings. The van der Waals surface area contributed by atoms with Crippen molar-refractivity contribution in [3.63, 3.8) is 0 Å². The number of aromatic nitrogens is 2. The Morgan fingerprint density at radius 3 is 2.63 bits per heavy atom. The number of ether oxygens (including phenoxy) is 1. The maximum absolute atomic E-state index is 13.7. The summed E-state index contributed by atoms with van der Waals surface area (Å²) in [5, 5.41) is 9.04. The van der Waals surface area contributed by atoms with Gasteiger partial charge in [0.2, 0.25) is 0 Å². The fourth-order valence-electron chi connectivity index (χ4n) is 5.42. The molecule has 1 unspecified atom stereocenters. The number of carbonyl (C=O) groups is 1. The highest BCUT2D eigenvalue weighted by Gasteiger charge is 2.27. The second-order valence-corrected chi connectivity index (χ2v) is 9.84. The van der Waals surface area contributed by atoms with Gasteiger partial charge in [0.05, 0.1) is 36.2 Å². The zero-order valence-electron chi connectivity index (χ0n) is 20.7. The van der Waals surface area contributed by atoms with Crippen molar-refractivity contribution < 1.29 is 9.53 Å². The van der Waals surface area contributed by atoms with Crippen LogP contribution in [0.25, 0.3) is 11.4 Å². The van der Waals surface area contributed by atoms with E-state index in [1.54, 1.807) is 0 Å². The highest BCUT2D eigenvalue weighted by atomic mass is 16.5. The van der Waals surface area contributed by atoms with Gasteiger partial charge in [0.1, 0.15) is 5.82 Å². The SMILES string of the molecule is CCc1cc(C)c(-c2nc3c([nH]2)COCC3C)cc1C(=O)N1CCC(c2ccc(C#N)cc2)CC1. The first-order valence-corrected chi connectivity index (χ1v) is 12.6. The summed E-state index contributed by atoms with van der Waals surface area (Å²) in [5.74, 6) is 1.61. The van der Waals surface area contributed by atoms with E-state index < -0.39 is 0 Å². The predicted molar refractivity (Wildman–Crippen MR) is 135 cm³/mol. The van der Waals surface area contributed by atoms with E-state index in [2.05, 4.69) is 50.0 Å². The number of piperidine rings is 1. The van der Waals surface area contributed by atoms with Gasteiger partial charge in [0.15, 0.2) is 0 Å². The first-order chi connectivity index (χ1) is 17.0. The smallest absolute Gasteiger partial charge is 0.254 e. The van der Waals surface area contributed by atoms with Gasteiger partial charge in [-0.05, 0) is 67.0 Å². The van der Waals surface area contributed by atoms with Gasteiger partial charge in [-0.3, -0.25) is 4.79 Å². The van der Waals surface area contributed by atoms with E-state index in [1.165, 1.54) is 5.56 Å². The van der Waals surface area contributed by atoms with E-state index in [0.29, 0.717) is 24.7 Å². The van der Waals surface area contributed by atoms with Crippen LogP contribution in [0.3, 0.4) is 0 Å². The van der Waals surface area contributed by atoms with Crippen LogP contribution in [0.15, 0.2) is 36.4 Å². The number of aromatic amines is 1. The van der Waals surface area contributed by atoms with Crippen LogP contribution in [0.4, 0.5) is 0 Å². The molecule has 1 aromatic heterocycles. The minimum Gasteiger partial charge on any atom is -0.374 e. The van der Waals surface area contributed by atoms with Crippen LogP contribution in [-0.4, -0.2) is 40.5 Å². The normalized spacial score (nSPS) is 18.2. The number of benzene rings is 2. The zero-order chi connectivity index (χ0) is 24.5. The fraction of sp³-hybridized carbons (Fsp3) is 0.414. The van der Waals surface area contributed by atoms with Crippen molar-refractivity contribution in [2.24, 2.45) is 0 Å². The maximum atomic E-state index is 13.7. The van der Waals surface area contributed by atoms with Gasteiger partial charge in [-0.2, -0.15) is 5.26 Å². The molecular weight excluding hydrogens is 436 g/mol. The minimum absolute atomic E-state index is 0.106. The van der Waals surface area contributed by atoms with Crippen LogP contribution in [-0.2, 0) is 17.8 Å². The van der Waals surface area contributed by atoms with Crippen molar-refractivity contribution in [1.29, 1.82) is 5.26 Å². The van der Waals surface area contributed by atoms with Crippen molar-refractivity contribution in [1.82, 2.24) is 14.9 Å². The molecule has 2 aromatic carbocycles. The average molecular weight is 469 g/mol. The molecule has 1 atom stereocenters. The van der Waals surface area contributed by atoms with Gasteiger partial charge in [-0.15, -0.1) is 0 Å². The Labute approximate surface area is 206 Å². The van der Waals surface area contributed by atoms with E-state index in [9.17, 15) is 4.79 Å². The van der Waals surface area contributed by atoms with Gasteiger partial charge in [0, 0.05) is 30.1 Å². The standard InChI is InChI=1S/C29H32N4O2/c1-4-21-13-18(2)24(28-31-26-17-35-16-19(3)27(26)32-28)14-25(21)29(34)33-11-9-23(10-12-33)22-7-5-20(15-30)6-8-22/h5-8,13-14,19,23H,4,9-12,16-17H2,1-3H3,(H,31,32). The van der Waals surface area contributed by atoms with E-state index >= 15 is 0 Å². The van der Waals surface area contributed by atoms with Crippen LogP contribution in [0.5, 0.6) is 0 Å². The lowest BCUT2D eigenvalue weighted by molar-refractivity contribution is 0.0712. The third kappa shape index (κ3) is 4.49. The molecule has 1 saturated heterocycles. The van der Waals surface area contributed by atoms with Gasteiger partial charge in [-0.25, -0.2) is 4.98 Å². The lowest BCUT2D eigenvalue weighted by Gasteiger charge is -2.33. The molecule has 180 valence electrons. The van der Waals surface area contributed by atoms with Gasteiger partial charge in [-0.1, -0.05) is 32.0 Å². The molecule has 1 fully saturated rings. The number of nitrogens with zero attached hydrogens (tertiary/aromatic N) is 3. The molecule has 0 bridgehead atoms. The molecule has 3 heterocycles. The van der Waals surface area contributed by atoms with Crippen LogP contribution in [0.1, 0.15) is 82.5 Å². The molecule has 6 heteroatoms. The maximum Gasteiger partial charge on any atom is 0.254 e. The minimum atomic E-state index is 0.106. The van der Waals surface area contributed by atoms with Gasteiger partial charge < -0.3 is 14.6 Å². The summed E-state index contributed by atoms with van der Waals surface area (Å²) in [6, 6.07) is 14.2. The van der Waals surface area contributed by atoms with Crippen LogP contribution < -0.4 is 0 Å². The summed E-state index contributed by atoms with van der Waals surface area (Å²) in [6.07, 6.45) is 2.67. The third-order valence-electron chi connectivity index (χ3n) is 7.50. The van der Waals surface area contributed by atoms with Gasteiger partial charge >= 0.3 is 0 Å². The number of rotatable bonds is 4. The summed E-state index contributed by atoms with van der Waals surface area (Å²) in [5.41, 5.74) is 8.02. The first-order valence-electron chi connectivity index (χ1n) is 12.6. The lowest BCUT2D eigenvalue weighted by Crippen LogP contribution is -2.38. The van der Waals surface area contributed by atoms with Crippen molar-refractivity contribution in [3.8, 4) is 17.5 Å². The number of nitrogens with one attached hydrogen (secondary N) is 1. The first kappa shape index (κ1) is 23.3. The number of fused-ring (bicyclic) bond motifs is 1. The van der Waals surface area contributed by atoms with E-state index in [0.717, 1.165) is 71.8 Å². The number of nitriles is 1. The van der Waals surface area contributed by atoms with Gasteiger partial charge in [0.25, 0.3) is 5.91 Å². The Kier molecular flexibility index (Phi) is 6.44. The molecule has 0 saturated carbocycles. The molecule has 0 aliphatic carbocycles. The van der Waals surface area contributed by atoms with E-state index in [1.807, 2.05) is 23.1 Å². The number of likely N-dealkylation sites (tertiary alicyclic amines) is 1. The number of aryl methyl sites for hydroxylation is 2. The topological polar surface area (TPSA) is 82.0 Å². The highest BCUT2D eigenvalue weighted by Crippen LogP contribution is 2.33. The molecule has 6 nitrogen and oxygen atoms in total. The van der Waals surface area contributed by atoms with Crippen molar-refractivity contribution >= 4 is 5.91 Å². The number of imidazole rings is 1. The molecule has 2 aliphatic rings. The molecule has 35 heavy (non-hydrogen) atoms. The highest BCUT2D eigenvalue weighted by molar-refractivity contribution is 5.97. The fourth-order valence-corrected chi connectivity index (χ4v) is 5.42. The molecular formula is C29H32N4O2. The monoisotopic (exact) mass is 468 g/mol. The molecule has 2 aliphatic heterocycles. The number of amides is 1. The molecule has 0 spiro atoms. The number of H-pyrrole nitrogens is 1. The Morgan fingerprint density at radius 2 is 1.97 bits per heavy atom.